The van der Waals surface area contributed by atoms with Gasteiger partial charge < -0.3 is 10.2 Å². The standard InChI is InChI=1S/C24H22Cl3N3O3S2/c25-16-3-6-18(7-4-16)29-35(32,33)19-8-10-22(30-11-1-2-12-30)21(14-19)28-24(31)15-34-23-13-17(26)5-9-20(23)27/h3-10,13-14,29H,1-2,11-12,15H2,(H,28,31). The summed E-state index contributed by atoms with van der Waals surface area (Å²) in [6.07, 6.45) is 2.07. The smallest absolute Gasteiger partial charge is 0.261 e. The molecule has 0 saturated carbocycles. The van der Waals surface area contributed by atoms with E-state index in [4.69, 9.17) is 34.8 Å². The minimum Gasteiger partial charge on any atom is -0.370 e. The molecule has 0 aliphatic carbocycles. The minimum atomic E-state index is -3.89. The summed E-state index contributed by atoms with van der Waals surface area (Å²) in [6, 6.07) is 16.2. The quantitative estimate of drug-likeness (QED) is 0.292. The van der Waals surface area contributed by atoms with Crippen LogP contribution in [0.5, 0.6) is 0 Å². The second-order valence-electron chi connectivity index (χ2n) is 7.90. The zero-order valence-corrected chi connectivity index (χ0v) is 22.3. The van der Waals surface area contributed by atoms with Crippen LogP contribution in [0.2, 0.25) is 15.1 Å². The van der Waals surface area contributed by atoms with Crippen molar-refractivity contribution in [1.29, 1.82) is 0 Å². The second kappa shape index (κ2) is 11.3. The van der Waals surface area contributed by atoms with Crippen molar-refractivity contribution in [3.05, 3.63) is 75.7 Å². The van der Waals surface area contributed by atoms with Crippen LogP contribution in [0.1, 0.15) is 12.8 Å². The third-order valence-electron chi connectivity index (χ3n) is 5.35. The van der Waals surface area contributed by atoms with Crippen LogP contribution in [0.15, 0.2) is 70.5 Å². The SMILES string of the molecule is O=C(CSc1cc(Cl)ccc1Cl)Nc1cc(S(=O)(=O)Nc2ccc(Cl)cc2)ccc1N1CCCC1. The molecular weight excluding hydrogens is 549 g/mol. The normalized spacial score (nSPS) is 13.6. The molecule has 0 unspecified atom stereocenters. The molecule has 3 aromatic carbocycles. The Morgan fingerprint density at radius 2 is 1.60 bits per heavy atom. The number of halogens is 3. The van der Waals surface area contributed by atoms with Crippen LogP contribution in [0, 0.1) is 0 Å². The number of carbonyl (C=O) groups is 1. The van der Waals surface area contributed by atoms with Crippen LogP contribution in [0.4, 0.5) is 17.1 Å². The van der Waals surface area contributed by atoms with Crippen LogP contribution in [0.3, 0.4) is 0 Å². The van der Waals surface area contributed by atoms with Gasteiger partial charge in [0.25, 0.3) is 10.0 Å². The molecule has 1 fully saturated rings. The van der Waals surface area contributed by atoms with Crippen LogP contribution >= 0.6 is 46.6 Å². The highest BCUT2D eigenvalue weighted by Gasteiger charge is 2.22. The Kier molecular flexibility index (Phi) is 8.39. The lowest BCUT2D eigenvalue weighted by Gasteiger charge is -2.22. The molecule has 1 aliphatic rings. The summed E-state index contributed by atoms with van der Waals surface area (Å²) < 4.78 is 28.6. The van der Waals surface area contributed by atoms with E-state index in [0.717, 1.165) is 31.6 Å². The van der Waals surface area contributed by atoms with Gasteiger partial charge in [-0.15, -0.1) is 11.8 Å². The molecule has 11 heteroatoms. The number of amides is 1. The number of nitrogens with one attached hydrogen (secondary N) is 2. The number of benzene rings is 3. The first-order valence-corrected chi connectivity index (χ1v) is 14.4. The molecule has 0 aromatic heterocycles. The molecule has 35 heavy (non-hydrogen) atoms. The van der Waals surface area contributed by atoms with Gasteiger partial charge in [0, 0.05) is 33.7 Å². The lowest BCUT2D eigenvalue weighted by atomic mass is 10.2. The average molecular weight is 571 g/mol. The number of hydrogen-bond donors (Lipinski definition) is 2. The molecule has 1 heterocycles. The molecule has 1 aliphatic heterocycles. The van der Waals surface area contributed by atoms with Gasteiger partial charge in [-0.25, -0.2) is 8.42 Å². The van der Waals surface area contributed by atoms with Gasteiger partial charge in [0.1, 0.15) is 0 Å². The van der Waals surface area contributed by atoms with E-state index in [1.165, 1.54) is 17.8 Å². The average Bonchev–Trinajstić information content (AvgIpc) is 3.36. The number of thioether (sulfide) groups is 1. The molecule has 2 N–H and O–H groups in total. The summed E-state index contributed by atoms with van der Waals surface area (Å²) >= 11 is 19.4. The predicted octanol–water partition coefficient (Wildman–Crippen LogP) is 6.78. The summed E-state index contributed by atoms with van der Waals surface area (Å²) in [5.74, 6) is -0.203. The maximum atomic E-state index is 13.0. The monoisotopic (exact) mass is 569 g/mol. The predicted molar refractivity (Wildman–Crippen MR) is 146 cm³/mol. The summed E-state index contributed by atoms with van der Waals surface area (Å²) in [6.45, 7) is 1.68. The fourth-order valence-corrected chi connectivity index (χ4v) is 6.17. The zero-order chi connectivity index (χ0) is 25.0. The van der Waals surface area contributed by atoms with E-state index in [1.807, 2.05) is 0 Å². The Labute approximate surface area is 224 Å². The molecular formula is C24H22Cl3N3O3S2. The topological polar surface area (TPSA) is 78.5 Å². The van der Waals surface area contributed by atoms with Crippen molar-refractivity contribution >= 4 is 79.6 Å². The van der Waals surface area contributed by atoms with Crippen molar-refractivity contribution in [3.8, 4) is 0 Å². The van der Waals surface area contributed by atoms with Crippen LogP contribution in [-0.2, 0) is 14.8 Å². The molecule has 0 spiro atoms. The first-order valence-electron chi connectivity index (χ1n) is 10.8. The molecule has 4 rings (SSSR count). The molecule has 1 saturated heterocycles. The Hall–Kier alpha value is -2.10. The van der Waals surface area contributed by atoms with E-state index >= 15 is 0 Å². The van der Waals surface area contributed by atoms with Gasteiger partial charge in [0.15, 0.2) is 0 Å². The maximum absolute atomic E-state index is 13.0. The maximum Gasteiger partial charge on any atom is 0.261 e. The van der Waals surface area contributed by atoms with E-state index in [0.29, 0.717) is 31.3 Å². The minimum absolute atomic E-state index is 0.0382. The van der Waals surface area contributed by atoms with Crippen molar-refractivity contribution in [2.75, 3.05) is 33.8 Å². The van der Waals surface area contributed by atoms with Gasteiger partial charge in [-0.1, -0.05) is 34.8 Å². The largest absolute Gasteiger partial charge is 0.370 e. The van der Waals surface area contributed by atoms with E-state index in [9.17, 15) is 13.2 Å². The van der Waals surface area contributed by atoms with Crippen molar-refractivity contribution in [2.24, 2.45) is 0 Å². The number of rotatable bonds is 8. The zero-order valence-electron chi connectivity index (χ0n) is 18.4. The molecule has 184 valence electrons. The van der Waals surface area contributed by atoms with Crippen molar-refractivity contribution < 1.29 is 13.2 Å². The third-order valence-corrected chi connectivity index (χ3v) is 8.71. The van der Waals surface area contributed by atoms with Crippen molar-refractivity contribution in [3.63, 3.8) is 0 Å². The first-order chi connectivity index (χ1) is 16.7. The van der Waals surface area contributed by atoms with E-state index < -0.39 is 10.0 Å². The summed E-state index contributed by atoms with van der Waals surface area (Å²) in [4.78, 5) is 15.7. The number of sulfonamides is 1. The Morgan fingerprint density at radius 3 is 2.31 bits per heavy atom. The second-order valence-corrected chi connectivity index (χ2v) is 11.9. The van der Waals surface area contributed by atoms with Crippen LogP contribution in [0.25, 0.3) is 0 Å². The number of nitrogens with zero attached hydrogens (tertiary/aromatic N) is 1. The van der Waals surface area contributed by atoms with E-state index in [1.54, 1.807) is 54.6 Å². The highest BCUT2D eigenvalue weighted by atomic mass is 35.5. The molecule has 0 bridgehead atoms. The number of carbonyl (C=O) groups excluding carboxylic acids is 1. The van der Waals surface area contributed by atoms with Crippen molar-refractivity contribution in [2.45, 2.75) is 22.6 Å². The van der Waals surface area contributed by atoms with Gasteiger partial charge in [-0.2, -0.15) is 0 Å². The van der Waals surface area contributed by atoms with Gasteiger partial charge in [0.05, 0.1) is 27.0 Å². The van der Waals surface area contributed by atoms with Gasteiger partial charge >= 0.3 is 0 Å². The Bertz CT molecular complexity index is 1330. The molecule has 0 radical (unpaired) electrons. The highest BCUT2D eigenvalue weighted by Crippen LogP contribution is 2.33. The lowest BCUT2D eigenvalue weighted by Crippen LogP contribution is -2.22. The molecule has 6 nitrogen and oxygen atoms in total. The van der Waals surface area contributed by atoms with Gasteiger partial charge in [-0.05, 0) is 73.5 Å². The summed E-state index contributed by atoms with van der Waals surface area (Å²) in [7, 11) is -3.89. The Morgan fingerprint density at radius 1 is 0.914 bits per heavy atom. The fraction of sp³-hybridized carbons (Fsp3) is 0.208. The van der Waals surface area contributed by atoms with Gasteiger partial charge in [0.2, 0.25) is 5.91 Å². The fourth-order valence-electron chi connectivity index (χ4n) is 3.67. The van der Waals surface area contributed by atoms with Gasteiger partial charge in [-0.3, -0.25) is 9.52 Å². The third kappa shape index (κ3) is 6.77. The Balaban J connectivity index is 1.56. The molecule has 3 aromatic rings. The van der Waals surface area contributed by atoms with Crippen LogP contribution in [-0.4, -0.2) is 33.2 Å². The molecule has 0 atom stereocenters. The first kappa shape index (κ1) is 26.0. The number of hydrogen-bond acceptors (Lipinski definition) is 5. The summed E-state index contributed by atoms with van der Waals surface area (Å²) in [5, 5.41) is 4.43. The van der Waals surface area contributed by atoms with Crippen LogP contribution < -0.4 is 14.9 Å². The molecule has 1 amide bonds. The van der Waals surface area contributed by atoms with Crippen molar-refractivity contribution in [1.82, 2.24) is 0 Å². The summed E-state index contributed by atoms with van der Waals surface area (Å²) in [5.41, 5.74) is 1.61. The van der Waals surface area contributed by atoms with E-state index in [2.05, 4.69) is 14.9 Å². The highest BCUT2D eigenvalue weighted by molar-refractivity contribution is 8.00. The van der Waals surface area contributed by atoms with E-state index in [-0.39, 0.29) is 16.6 Å². The lowest BCUT2D eigenvalue weighted by molar-refractivity contribution is -0.113. The number of anilines is 3.